The first-order chi connectivity index (χ1) is 24.8. The van der Waals surface area contributed by atoms with Crippen molar-refractivity contribution >= 4 is 22.6 Å². The van der Waals surface area contributed by atoms with Crippen LogP contribution in [0.15, 0.2) is 200 Å². The summed E-state index contributed by atoms with van der Waals surface area (Å²) in [6, 6.07) is 66.8. The van der Waals surface area contributed by atoms with Crippen LogP contribution >= 0.6 is 0 Å². The molecule has 0 radical (unpaired) electrons. The Morgan fingerprint density at radius 2 is 0.960 bits per heavy atom. The second-order valence-electron chi connectivity index (χ2n) is 13.2. The molecule has 7 aromatic carbocycles. The van der Waals surface area contributed by atoms with Crippen molar-refractivity contribution in [2.75, 3.05) is 4.90 Å². The fraction of sp³-hybridized carbons (Fsp3) is 0.0612. The molecule has 2 aliphatic carbocycles. The lowest BCUT2D eigenvalue weighted by molar-refractivity contribution is 0.768. The average molecular weight is 640 g/mol. The van der Waals surface area contributed by atoms with E-state index in [1.165, 1.54) is 61.3 Å². The van der Waals surface area contributed by atoms with E-state index in [-0.39, 0.29) is 0 Å². The quantitative estimate of drug-likeness (QED) is 0.168. The molecule has 0 aromatic heterocycles. The molecule has 0 aliphatic heterocycles. The predicted molar refractivity (Wildman–Crippen MR) is 210 cm³/mol. The molecule has 0 amide bonds. The van der Waals surface area contributed by atoms with Gasteiger partial charge in [0.2, 0.25) is 0 Å². The largest absolute Gasteiger partial charge is 0.310 e. The molecule has 0 fully saturated rings. The van der Waals surface area contributed by atoms with Gasteiger partial charge in [-0.25, -0.2) is 0 Å². The summed E-state index contributed by atoms with van der Waals surface area (Å²) in [7, 11) is 0. The molecular formula is C49H37N. The van der Waals surface area contributed by atoms with Gasteiger partial charge in [0.15, 0.2) is 0 Å². The van der Waals surface area contributed by atoms with Crippen molar-refractivity contribution in [2.45, 2.75) is 18.3 Å². The van der Waals surface area contributed by atoms with E-state index >= 15 is 0 Å². The summed E-state index contributed by atoms with van der Waals surface area (Å²) in [6.07, 6.45) is 9.09. The van der Waals surface area contributed by atoms with E-state index in [2.05, 4.69) is 205 Å². The lowest BCUT2D eigenvalue weighted by Gasteiger charge is -2.34. The molecule has 7 aromatic rings. The summed E-state index contributed by atoms with van der Waals surface area (Å²) in [4.78, 5) is 2.45. The van der Waals surface area contributed by atoms with Crippen LogP contribution in [0, 0.1) is 0 Å². The maximum atomic E-state index is 2.45. The zero-order valence-electron chi connectivity index (χ0n) is 27.9. The Morgan fingerprint density at radius 1 is 0.420 bits per heavy atom. The van der Waals surface area contributed by atoms with Crippen molar-refractivity contribution in [1.82, 2.24) is 0 Å². The Labute approximate surface area is 295 Å². The number of hydrogen-bond donors (Lipinski definition) is 0. The topological polar surface area (TPSA) is 3.24 Å². The maximum absolute atomic E-state index is 2.45. The van der Waals surface area contributed by atoms with Crippen LogP contribution in [-0.4, -0.2) is 0 Å². The van der Waals surface area contributed by atoms with E-state index in [4.69, 9.17) is 0 Å². The van der Waals surface area contributed by atoms with Gasteiger partial charge < -0.3 is 4.90 Å². The van der Waals surface area contributed by atoms with E-state index in [9.17, 15) is 0 Å². The fourth-order valence-electron chi connectivity index (χ4n) is 8.15. The Morgan fingerprint density at radius 3 is 1.58 bits per heavy atom. The monoisotopic (exact) mass is 639 g/mol. The molecule has 0 unspecified atom stereocenters. The van der Waals surface area contributed by atoms with Gasteiger partial charge in [-0.1, -0.05) is 170 Å². The highest BCUT2D eigenvalue weighted by Crippen LogP contribution is 2.59. The lowest BCUT2D eigenvalue weighted by Crippen LogP contribution is -2.28. The number of anilines is 3. The second kappa shape index (κ2) is 12.7. The van der Waals surface area contributed by atoms with Crippen LogP contribution in [0.5, 0.6) is 0 Å². The first-order valence-corrected chi connectivity index (χ1v) is 17.6. The minimum atomic E-state index is -0.461. The summed E-state index contributed by atoms with van der Waals surface area (Å²) >= 11 is 0. The number of benzene rings is 7. The predicted octanol–water partition coefficient (Wildman–Crippen LogP) is 12.9. The molecule has 50 heavy (non-hydrogen) atoms. The molecule has 9 rings (SSSR count). The van der Waals surface area contributed by atoms with Crippen LogP contribution in [0.25, 0.3) is 27.8 Å². The van der Waals surface area contributed by atoms with Gasteiger partial charge in [0, 0.05) is 16.9 Å². The maximum Gasteiger partial charge on any atom is 0.0714 e. The number of rotatable bonds is 7. The molecule has 0 saturated carbocycles. The molecule has 2 aliphatic rings. The molecule has 0 atom stereocenters. The minimum Gasteiger partial charge on any atom is -0.310 e. The van der Waals surface area contributed by atoms with Gasteiger partial charge in [-0.15, -0.1) is 0 Å². The van der Waals surface area contributed by atoms with E-state index in [1.807, 2.05) is 0 Å². The normalized spacial score (nSPS) is 14.0. The average Bonchev–Trinajstić information content (AvgIpc) is 3.52. The zero-order valence-corrected chi connectivity index (χ0v) is 27.9. The fourth-order valence-corrected chi connectivity index (χ4v) is 8.15. The Hall–Kier alpha value is -6.18. The van der Waals surface area contributed by atoms with E-state index in [0.29, 0.717) is 0 Å². The first kappa shape index (κ1) is 29.9. The summed E-state index contributed by atoms with van der Waals surface area (Å²) in [5.74, 6) is 0. The highest BCUT2D eigenvalue weighted by molar-refractivity contribution is 5.97. The van der Waals surface area contributed by atoms with E-state index < -0.39 is 5.41 Å². The van der Waals surface area contributed by atoms with Crippen molar-refractivity contribution in [2.24, 2.45) is 0 Å². The molecule has 0 saturated heterocycles. The van der Waals surface area contributed by atoms with Gasteiger partial charge in [-0.3, -0.25) is 0 Å². The minimum absolute atomic E-state index is 0.461. The van der Waals surface area contributed by atoms with E-state index in [0.717, 1.165) is 24.2 Å². The molecule has 0 heterocycles. The van der Waals surface area contributed by atoms with Crippen molar-refractivity contribution in [3.63, 3.8) is 0 Å². The van der Waals surface area contributed by atoms with Crippen LogP contribution in [0.2, 0.25) is 0 Å². The van der Waals surface area contributed by atoms with Crippen molar-refractivity contribution in [1.29, 1.82) is 0 Å². The van der Waals surface area contributed by atoms with Gasteiger partial charge in [0.1, 0.15) is 0 Å². The Bertz CT molecular complexity index is 2290. The van der Waals surface area contributed by atoms with Crippen LogP contribution in [0.3, 0.4) is 0 Å². The third-order valence-electron chi connectivity index (χ3n) is 10.4. The van der Waals surface area contributed by atoms with Crippen molar-refractivity contribution in [3.05, 3.63) is 228 Å². The summed E-state index contributed by atoms with van der Waals surface area (Å²) in [6.45, 7) is 0. The summed E-state index contributed by atoms with van der Waals surface area (Å²) in [5.41, 5.74) is 15.6. The van der Waals surface area contributed by atoms with Crippen molar-refractivity contribution < 1.29 is 0 Å². The number of nitrogens with zero attached hydrogens (tertiary/aromatic N) is 1. The Kier molecular flexibility index (Phi) is 7.59. The van der Waals surface area contributed by atoms with Gasteiger partial charge >= 0.3 is 0 Å². The highest BCUT2D eigenvalue weighted by Gasteiger charge is 2.47. The van der Waals surface area contributed by atoms with Gasteiger partial charge in [-0.05, 0) is 93.3 Å². The second-order valence-corrected chi connectivity index (χ2v) is 13.2. The van der Waals surface area contributed by atoms with Crippen LogP contribution in [0.1, 0.15) is 40.7 Å². The number of hydrogen-bond acceptors (Lipinski definition) is 1. The molecule has 0 bridgehead atoms. The lowest BCUT2D eigenvalue weighted by atomic mass is 9.68. The molecular weight excluding hydrogens is 603 g/mol. The van der Waals surface area contributed by atoms with Gasteiger partial charge in [-0.2, -0.15) is 0 Å². The Balaban J connectivity index is 1.28. The highest BCUT2D eigenvalue weighted by atomic mass is 15.1. The summed E-state index contributed by atoms with van der Waals surface area (Å²) in [5, 5.41) is 0. The zero-order chi connectivity index (χ0) is 33.3. The van der Waals surface area contributed by atoms with Crippen LogP contribution in [-0.2, 0) is 5.41 Å². The SMILES string of the molecule is C1=CC(c2ccc(N(c3ccc(-c4ccccc4)cc3)c3cccc4c3-c3ccccc3C4(c3ccccc3)c3ccccc3)cc2)=CCC1. The third-order valence-corrected chi connectivity index (χ3v) is 10.4. The number of allylic oxidation sites excluding steroid dienone is 4. The van der Waals surface area contributed by atoms with Crippen molar-refractivity contribution in [3.8, 4) is 22.3 Å². The molecule has 1 nitrogen and oxygen atoms in total. The van der Waals surface area contributed by atoms with Crippen LogP contribution < -0.4 is 4.90 Å². The molecule has 0 N–H and O–H groups in total. The third kappa shape index (κ3) is 4.94. The number of fused-ring (bicyclic) bond motifs is 3. The molecule has 0 spiro atoms. The van der Waals surface area contributed by atoms with Crippen LogP contribution in [0.4, 0.5) is 17.1 Å². The smallest absolute Gasteiger partial charge is 0.0714 e. The summed E-state index contributed by atoms with van der Waals surface area (Å²) < 4.78 is 0. The molecule has 1 heteroatoms. The molecule has 238 valence electrons. The van der Waals surface area contributed by atoms with E-state index in [1.54, 1.807) is 0 Å². The van der Waals surface area contributed by atoms with Gasteiger partial charge in [0.05, 0.1) is 11.1 Å². The standard InChI is InChI=1S/C49H37N/c1-5-16-36(17-6-1)38-28-32-42(33-29-38)50(43-34-30-39(31-35-43)37-18-7-2-8-19-37)47-27-15-26-46-48(47)44-24-13-14-25-45(44)49(46,40-20-9-3-10-21-40)41-22-11-4-12-23-41/h1,3-7,9-35H,2,8H2. The first-order valence-electron chi connectivity index (χ1n) is 17.6. The van der Waals surface area contributed by atoms with Gasteiger partial charge in [0.25, 0.3) is 0 Å².